The van der Waals surface area contributed by atoms with Crippen LogP contribution in [0, 0.1) is 17.8 Å². The second-order valence-electron chi connectivity index (χ2n) is 10.7. The largest absolute Gasteiger partial charge is 0.398 e. The van der Waals surface area contributed by atoms with E-state index in [-0.39, 0.29) is 0 Å². The Kier molecular flexibility index (Phi) is 8.16. The fourth-order valence-corrected chi connectivity index (χ4v) is 6.55. The molecule has 0 amide bonds. The maximum absolute atomic E-state index is 6.56. The summed E-state index contributed by atoms with van der Waals surface area (Å²) in [6.45, 7) is 2.32. The predicted molar refractivity (Wildman–Crippen MR) is 139 cm³/mol. The molecule has 0 spiro atoms. The maximum Gasteiger partial charge on any atom is 0.0352 e. The highest BCUT2D eigenvalue weighted by Crippen LogP contribution is 2.45. The summed E-state index contributed by atoms with van der Waals surface area (Å²) in [7, 11) is 0. The lowest BCUT2D eigenvalue weighted by Gasteiger charge is -2.38. The Morgan fingerprint density at radius 1 is 0.750 bits per heavy atom. The molecule has 2 saturated carbocycles. The molecule has 2 aromatic rings. The van der Waals surface area contributed by atoms with Gasteiger partial charge in [0.15, 0.2) is 0 Å². The third kappa shape index (κ3) is 5.88. The Labute approximate surface area is 196 Å². The van der Waals surface area contributed by atoms with Gasteiger partial charge in [-0.25, -0.2) is 0 Å². The Morgan fingerprint density at radius 3 is 2.09 bits per heavy atom. The molecule has 0 aliphatic heterocycles. The fraction of sp³-hybridized carbons (Fsp3) is 0.600. The van der Waals surface area contributed by atoms with Crippen LogP contribution in [-0.4, -0.2) is 0 Å². The van der Waals surface area contributed by atoms with Gasteiger partial charge in [-0.3, -0.25) is 0 Å². The minimum atomic E-state index is 0.646. The van der Waals surface area contributed by atoms with Gasteiger partial charge in [0.05, 0.1) is 0 Å². The van der Waals surface area contributed by atoms with E-state index in [9.17, 15) is 0 Å². The average molecular weight is 433 g/mol. The van der Waals surface area contributed by atoms with Crippen LogP contribution in [0.15, 0.2) is 42.5 Å². The summed E-state index contributed by atoms with van der Waals surface area (Å²) in [5.41, 5.74) is 18.4. The Morgan fingerprint density at radius 2 is 1.44 bits per heavy atom. The summed E-state index contributed by atoms with van der Waals surface area (Å²) >= 11 is 0. The minimum Gasteiger partial charge on any atom is -0.398 e. The van der Waals surface area contributed by atoms with Crippen LogP contribution in [0.4, 0.5) is 11.4 Å². The summed E-state index contributed by atoms with van der Waals surface area (Å²) in [6.07, 6.45) is 18.0. The molecule has 4 N–H and O–H groups in total. The first-order chi connectivity index (χ1) is 15.6. The summed E-state index contributed by atoms with van der Waals surface area (Å²) in [4.78, 5) is 0. The molecule has 0 unspecified atom stereocenters. The second kappa shape index (κ2) is 11.3. The van der Waals surface area contributed by atoms with Gasteiger partial charge < -0.3 is 11.5 Å². The molecule has 32 heavy (non-hydrogen) atoms. The number of hydrogen-bond acceptors (Lipinski definition) is 2. The first-order valence-electron chi connectivity index (χ1n) is 13.4. The average Bonchev–Trinajstić information content (AvgIpc) is 2.82. The summed E-state index contributed by atoms with van der Waals surface area (Å²) in [5.74, 6) is 3.63. The normalized spacial score (nSPS) is 26.2. The quantitative estimate of drug-likeness (QED) is 0.327. The van der Waals surface area contributed by atoms with Gasteiger partial charge in [0.2, 0.25) is 0 Å². The molecule has 0 saturated heterocycles. The zero-order valence-corrected chi connectivity index (χ0v) is 20.2. The van der Waals surface area contributed by atoms with E-state index >= 15 is 0 Å². The zero-order valence-electron chi connectivity index (χ0n) is 20.2. The van der Waals surface area contributed by atoms with E-state index in [1.165, 1.54) is 93.7 Å². The third-order valence-corrected chi connectivity index (χ3v) is 8.59. The van der Waals surface area contributed by atoms with Gasteiger partial charge in [0.1, 0.15) is 0 Å². The van der Waals surface area contributed by atoms with Crippen LogP contribution >= 0.6 is 0 Å². The van der Waals surface area contributed by atoms with Crippen molar-refractivity contribution in [3.05, 3.63) is 59.2 Å². The predicted octanol–water partition coefficient (Wildman–Crippen LogP) is 8.10. The molecule has 4 rings (SSSR count). The monoisotopic (exact) mass is 432 g/mol. The molecule has 2 aromatic carbocycles. The molecule has 0 heterocycles. The van der Waals surface area contributed by atoms with Crippen molar-refractivity contribution in [1.82, 2.24) is 0 Å². The number of benzene rings is 2. The molecular weight excluding hydrogens is 388 g/mol. The van der Waals surface area contributed by atoms with E-state index in [1.54, 1.807) is 0 Å². The van der Waals surface area contributed by atoms with Gasteiger partial charge >= 0.3 is 0 Å². The van der Waals surface area contributed by atoms with Crippen molar-refractivity contribution in [2.45, 2.75) is 96.3 Å². The van der Waals surface area contributed by atoms with Gasteiger partial charge in [-0.2, -0.15) is 0 Å². The van der Waals surface area contributed by atoms with Gasteiger partial charge in [-0.1, -0.05) is 75.8 Å². The van der Waals surface area contributed by atoms with Crippen molar-refractivity contribution in [2.75, 3.05) is 11.5 Å². The topological polar surface area (TPSA) is 52.0 Å². The summed E-state index contributed by atoms with van der Waals surface area (Å²) in [6, 6.07) is 14.9. The second-order valence-corrected chi connectivity index (χ2v) is 10.7. The van der Waals surface area contributed by atoms with Crippen molar-refractivity contribution in [3.8, 4) is 0 Å². The summed E-state index contributed by atoms with van der Waals surface area (Å²) < 4.78 is 0. The SMILES string of the molecule is CCCCCC1CCC(C2CCC(c3ccc(Cc4ccccc4N)cc3N)CC2)CC1. The Bertz CT molecular complexity index is 842. The molecule has 2 fully saturated rings. The first kappa shape index (κ1) is 23.2. The van der Waals surface area contributed by atoms with Crippen molar-refractivity contribution < 1.29 is 0 Å². The highest BCUT2D eigenvalue weighted by atomic mass is 14.6. The molecule has 0 radical (unpaired) electrons. The fourth-order valence-electron chi connectivity index (χ4n) is 6.55. The third-order valence-electron chi connectivity index (χ3n) is 8.59. The van der Waals surface area contributed by atoms with E-state index in [2.05, 4.69) is 37.3 Å². The van der Waals surface area contributed by atoms with Gasteiger partial charge in [-0.05, 0) is 97.4 Å². The van der Waals surface area contributed by atoms with Gasteiger partial charge in [-0.15, -0.1) is 0 Å². The van der Waals surface area contributed by atoms with E-state index in [4.69, 9.17) is 11.5 Å². The van der Waals surface area contributed by atoms with Crippen LogP contribution in [0.25, 0.3) is 0 Å². The maximum atomic E-state index is 6.56. The highest BCUT2D eigenvalue weighted by Gasteiger charge is 2.31. The molecule has 2 aliphatic carbocycles. The number of rotatable bonds is 8. The van der Waals surface area contributed by atoms with Gasteiger partial charge in [0.25, 0.3) is 0 Å². The zero-order chi connectivity index (χ0) is 22.3. The Hall–Kier alpha value is -1.96. The van der Waals surface area contributed by atoms with Crippen LogP contribution in [0.5, 0.6) is 0 Å². The molecule has 0 bridgehead atoms. The molecular formula is C30H44N2. The molecule has 2 nitrogen and oxygen atoms in total. The lowest BCUT2D eigenvalue weighted by molar-refractivity contribution is 0.156. The van der Waals surface area contributed by atoms with E-state index < -0.39 is 0 Å². The van der Waals surface area contributed by atoms with Crippen molar-refractivity contribution in [2.24, 2.45) is 17.8 Å². The van der Waals surface area contributed by atoms with Crippen molar-refractivity contribution in [3.63, 3.8) is 0 Å². The lowest BCUT2D eigenvalue weighted by atomic mass is 9.68. The Balaban J connectivity index is 1.27. The smallest absolute Gasteiger partial charge is 0.0352 e. The molecule has 2 aliphatic rings. The first-order valence-corrected chi connectivity index (χ1v) is 13.4. The number of unbranched alkanes of at least 4 members (excludes halogenated alkanes) is 2. The highest BCUT2D eigenvalue weighted by molar-refractivity contribution is 5.54. The molecule has 2 heteroatoms. The van der Waals surface area contributed by atoms with E-state index in [1.807, 2.05) is 12.1 Å². The summed E-state index contributed by atoms with van der Waals surface area (Å²) in [5, 5.41) is 0. The number of hydrogen-bond donors (Lipinski definition) is 2. The van der Waals surface area contributed by atoms with E-state index in [0.717, 1.165) is 35.5 Å². The lowest BCUT2D eigenvalue weighted by Crippen LogP contribution is -2.25. The van der Waals surface area contributed by atoms with Crippen molar-refractivity contribution >= 4 is 11.4 Å². The van der Waals surface area contributed by atoms with Crippen LogP contribution in [-0.2, 0) is 6.42 Å². The van der Waals surface area contributed by atoms with Crippen LogP contribution < -0.4 is 11.5 Å². The van der Waals surface area contributed by atoms with Crippen LogP contribution in [0.2, 0.25) is 0 Å². The number of nitrogen functional groups attached to an aromatic ring is 2. The van der Waals surface area contributed by atoms with Gasteiger partial charge in [0, 0.05) is 11.4 Å². The minimum absolute atomic E-state index is 0.646. The molecule has 0 atom stereocenters. The number of anilines is 2. The van der Waals surface area contributed by atoms with Crippen LogP contribution in [0.1, 0.15) is 107 Å². The van der Waals surface area contributed by atoms with Crippen LogP contribution in [0.3, 0.4) is 0 Å². The number of nitrogens with two attached hydrogens (primary N) is 2. The molecule has 0 aromatic heterocycles. The van der Waals surface area contributed by atoms with Crippen molar-refractivity contribution in [1.29, 1.82) is 0 Å². The molecule has 174 valence electrons. The standard InChI is InChI=1S/C30H44N2/c1-2-3-4-7-22-10-13-24(14-11-22)25-15-17-26(18-16-25)28-19-12-23(21-30(28)32)20-27-8-5-6-9-29(27)31/h5-6,8-9,12,19,21-22,24-26H,2-4,7,10-11,13-18,20,31-32H2,1H3. The number of para-hydroxylation sites is 1. The van der Waals surface area contributed by atoms with E-state index in [0.29, 0.717) is 5.92 Å².